The molecule has 132 valence electrons. The smallest absolute Gasteiger partial charge is 0.416 e. The average molecular weight is 351 g/mol. The number of hydrogen-bond acceptors (Lipinski definition) is 4. The highest BCUT2D eigenvalue weighted by molar-refractivity contribution is 5.81. The lowest BCUT2D eigenvalue weighted by atomic mass is 10.1. The molecule has 2 aromatic carbocycles. The SMILES string of the molecule is COc1cc2nc(NCc3ccc(C(F)(F)F)cc3)[nH]c2cc1OC. The van der Waals surface area contributed by atoms with Gasteiger partial charge >= 0.3 is 6.18 Å². The van der Waals surface area contributed by atoms with E-state index in [1.54, 1.807) is 26.4 Å². The molecular weight excluding hydrogens is 335 g/mol. The fourth-order valence-corrected chi connectivity index (χ4v) is 2.42. The lowest BCUT2D eigenvalue weighted by Gasteiger charge is -2.08. The molecule has 8 heteroatoms. The zero-order valence-corrected chi connectivity index (χ0v) is 13.6. The Labute approximate surface area is 141 Å². The zero-order chi connectivity index (χ0) is 18.0. The topological polar surface area (TPSA) is 59.2 Å². The van der Waals surface area contributed by atoms with Gasteiger partial charge in [0.1, 0.15) is 0 Å². The Hall–Kier alpha value is -2.90. The minimum Gasteiger partial charge on any atom is -0.493 e. The predicted octanol–water partition coefficient (Wildman–Crippen LogP) is 4.21. The van der Waals surface area contributed by atoms with Gasteiger partial charge in [-0.25, -0.2) is 4.98 Å². The van der Waals surface area contributed by atoms with Crippen LogP contribution in [0.5, 0.6) is 11.5 Å². The molecule has 0 unspecified atom stereocenters. The summed E-state index contributed by atoms with van der Waals surface area (Å²) in [6.45, 7) is 0.340. The molecule has 3 aromatic rings. The van der Waals surface area contributed by atoms with Crippen LogP contribution in [0.2, 0.25) is 0 Å². The Kier molecular flexibility index (Phi) is 4.43. The number of alkyl halides is 3. The van der Waals surface area contributed by atoms with Gasteiger partial charge in [-0.3, -0.25) is 0 Å². The summed E-state index contributed by atoms with van der Waals surface area (Å²) in [5.41, 5.74) is 1.49. The first-order valence-electron chi connectivity index (χ1n) is 7.42. The number of imidazole rings is 1. The molecule has 0 spiro atoms. The standard InChI is InChI=1S/C17H16F3N3O2/c1-24-14-7-12-13(8-15(14)25-2)23-16(22-12)21-9-10-3-5-11(6-4-10)17(18,19)20/h3-8H,9H2,1-2H3,(H2,21,22,23). The van der Waals surface area contributed by atoms with Gasteiger partial charge in [0.15, 0.2) is 11.5 Å². The van der Waals surface area contributed by atoms with E-state index in [9.17, 15) is 13.2 Å². The van der Waals surface area contributed by atoms with Gasteiger partial charge in [-0.2, -0.15) is 13.2 Å². The van der Waals surface area contributed by atoms with Crippen LogP contribution in [0.4, 0.5) is 19.1 Å². The highest BCUT2D eigenvalue weighted by atomic mass is 19.4. The first kappa shape index (κ1) is 16.9. The molecule has 0 saturated carbocycles. The molecule has 0 saturated heterocycles. The number of halogens is 3. The molecule has 0 fully saturated rings. The van der Waals surface area contributed by atoms with Crippen LogP contribution >= 0.6 is 0 Å². The second-order valence-corrected chi connectivity index (χ2v) is 5.36. The lowest BCUT2D eigenvalue weighted by Crippen LogP contribution is -2.06. The van der Waals surface area contributed by atoms with Crippen molar-refractivity contribution in [3.63, 3.8) is 0 Å². The van der Waals surface area contributed by atoms with Crippen molar-refractivity contribution in [3.8, 4) is 11.5 Å². The van der Waals surface area contributed by atoms with Crippen LogP contribution in [0.25, 0.3) is 11.0 Å². The number of nitrogens with one attached hydrogen (secondary N) is 2. The summed E-state index contributed by atoms with van der Waals surface area (Å²) in [5.74, 6) is 1.65. The molecule has 1 aromatic heterocycles. The minimum atomic E-state index is -4.33. The quantitative estimate of drug-likeness (QED) is 0.723. The third-order valence-corrected chi connectivity index (χ3v) is 3.73. The summed E-state index contributed by atoms with van der Waals surface area (Å²) in [4.78, 5) is 7.48. The van der Waals surface area contributed by atoms with Gasteiger partial charge in [0.25, 0.3) is 0 Å². The van der Waals surface area contributed by atoms with Crippen molar-refractivity contribution < 1.29 is 22.6 Å². The molecule has 0 radical (unpaired) electrons. The number of nitrogens with zero attached hydrogens (tertiary/aromatic N) is 1. The van der Waals surface area contributed by atoms with Crippen molar-refractivity contribution in [1.29, 1.82) is 0 Å². The van der Waals surface area contributed by atoms with Crippen LogP contribution in [0, 0.1) is 0 Å². The maximum Gasteiger partial charge on any atom is 0.416 e. The number of aromatic amines is 1. The van der Waals surface area contributed by atoms with Gasteiger partial charge in [-0.15, -0.1) is 0 Å². The van der Waals surface area contributed by atoms with Gasteiger partial charge in [0.05, 0.1) is 30.8 Å². The molecule has 2 N–H and O–H groups in total. The number of benzene rings is 2. The van der Waals surface area contributed by atoms with Gasteiger partial charge in [-0.1, -0.05) is 12.1 Å². The highest BCUT2D eigenvalue weighted by Gasteiger charge is 2.29. The first-order valence-corrected chi connectivity index (χ1v) is 7.42. The Balaban J connectivity index is 1.75. The molecule has 0 aliphatic carbocycles. The number of anilines is 1. The van der Waals surface area contributed by atoms with Crippen LogP contribution in [-0.2, 0) is 12.7 Å². The van der Waals surface area contributed by atoms with E-state index < -0.39 is 11.7 Å². The van der Waals surface area contributed by atoms with Crippen LogP contribution in [0.1, 0.15) is 11.1 Å². The summed E-state index contributed by atoms with van der Waals surface area (Å²) in [5, 5.41) is 3.05. The predicted molar refractivity (Wildman–Crippen MR) is 88.0 cm³/mol. The van der Waals surface area contributed by atoms with Gasteiger partial charge in [0, 0.05) is 18.7 Å². The van der Waals surface area contributed by atoms with Crippen molar-refractivity contribution in [2.45, 2.75) is 12.7 Å². The van der Waals surface area contributed by atoms with Crippen LogP contribution in [-0.4, -0.2) is 24.2 Å². The average Bonchev–Trinajstić information content (AvgIpc) is 3.00. The molecule has 25 heavy (non-hydrogen) atoms. The lowest BCUT2D eigenvalue weighted by molar-refractivity contribution is -0.137. The van der Waals surface area contributed by atoms with E-state index in [1.807, 2.05) is 0 Å². The molecule has 0 aliphatic rings. The summed E-state index contributed by atoms with van der Waals surface area (Å²) >= 11 is 0. The summed E-state index contributed by atoms with van der Waals surface area (Å²) in [6.07, 6.45) is -4.33. The maximum atomic E-state index is 12.6. The normalized spacial score (nSPS) is 11.6. The van der Waals surface area contributed by atoms with E-state index in [1.165, 1.54) is 12.1 Å². The molecule has 0 amide bonds. The molecule has 1 heterocycles. The van der Waals surface area contributed by atoms with E-state index in [0.717, 1.165) is 17.6 Å². The summed E-state index contributed by atoms with van der Waals surface area (Å²) in [6, 6.07) is 8.50. The van der Waals surface area contributed by atoms with Crippen LogP contribution in [0.15, 0.2) is 36.4 Å². The number of hydrogen-bond donors (Lipinski definition) is 2. The fourth-order valence-electron chi connectivity index (χ4n) is 2.42. The molecular formula is C17H16F3N3O2. The summed E-state index contributed by atoms with van der Waals surface area (Å²) < 4.78 is 48.2. The molecule has 5 nitrogen and oxygen atoms in total. The van der Waals surface area contributed by atoms with E-state index in [4.69, 9.17) is 9.47 Å². The number of methoxy groups -OCH3 is 2. The van der Waals surface area contributed by atoms with Gasteiger partial charge < -0.3 is 19.8 Å². The molecule has 0 atom stereocenters. The Morgan fingerprint density at radius 1 is 1.04 bits per heavy atom. The first-order chi connectivity index (χ1) is 11.9. The van der Waals surface area contributed by atoms with Crippen LogP contribution in [0.3, 0.4) is 0 Å². The zero-order valence-electron chi connectivity index (χ0n) is 13.6. The van der Waals surface area contributed by atoms with Gasteiger partial charge in [-0.05, 0) is 17.7 Å². The maximum absolute atomic E-state index is 12.6. The number of fused-ring (bicyclic) bond motifs is 1. The van der Waals surface area contributed by atoms with Crippen molar-refractivity contribution in [2.75, 3.05) is 19.5 Å². The number of rotatable bonds is 5. The monoisotopic (exact) mass is 351 g/mol. The van der Waals surface area contributed by atoms with E-state index in [-0.39, 0.29) is 0 Å². The highest BCUT2D eigenvalue weighted by Crippen LogP contribution is 2.32. The van der Waals surface area contributed by atoms with Gasteiger partial charge in [0.2, 0.25) is 5.95 Å². The second-order valence-electron chi connectivity index (χ2n) is 5.36. The molecule has 0 bridgehead atoms. The third-order valence-electron chi connectivity index (χ3n) is 3.73. The van der Waals surface area contributed by atoms with E-state index >= 15 is 0 Å². The second kappa shape index (κ2) is 6.54. The van der Waals surface area contributed by atoms with Crippen molar-refractivity contribution in [1.82, 2.24) is 9.97 Å². The van der Waals surface area contributed by atoms with Crippen molar-refractivity contribution in [2.24, 2.45) is 0 Å². The Morgan fingerprint density at radius 2 is 1.68 bits per heavy atom. The van der Waals surface area contributed by atoms with Crippen molar-refractivity contribution >= 4 is 17.0 Å². The fraction of sp³-hybridized carbons (Fsp3) is 0.235. The van der Waals surface area contributed by atoms with Crippen LogP contribution < -0.4 is 14.8 Å². The molecule has 3 rings (SSSR count). The summed E-state index contributed by atoms with van der Waals surface area (Å²) in [7, 11) is 3.09. The number of aromatic nitrogens is 2. The largest absolute Gasteiger partial charge is 0.493 e. The Bertz CT molecular complexity index is 832. The van der Waals surface area contributed by atoms with E-state index in [0.29, 0.717) is 35.1 Å². The molecule has 0 aliphatic heterocycles. The Morgan fingerprint density at radius 3 is 2.28 bits per heavy atom. The third kappa shape index (κ3) is 3.62. The minimum absolute atomic E-state index is 0.340. The van der Waals surface area contributed by atoms with Crippen molar-refractivity contribution in [3.05, 3.63) is 47.5 Å². The number of H-pyrrole nitrogens is 1. The number of ether oxygens (including phenoxy) is 2. The van der Waals surface area contributed by atoms with E-state index in [2.05, 4.69) is 15.3 Å².